The van der Waals surface area contributed by atoms with E-state index in [0.29, 0.717) is 11.2 Å². The first-order valence-electron chi connectivity index (χ1n) is 8.18. The molecule has 0 bridgehead atoms. The number of hydrogen-bond acceptors (Lipinski definition) is 2. The molecule has 0 fully saturated rings. The Labute approximate surface area is 143 Å². The van der Waals surface area contributed by atoms with Gasteiger partial charge in [-0.25, -0.2) is 0 Å². The van der Waals surface area contributed by atoms with E-state index in [9.17, 15) is 4.79 Å². The topological polar surface area (TPSA) is 29.1 Å². The molecule has 0 saturated heterocycles. The van der Waals surface area contributed by atoms with Gasteiger partial charge in [0.25, 0.3) is 5.91 Å². The highest BCUT2D eigenvalue weighted by Gasteiger charge is 2.15. The van der Waals surface area contributed by atoms with Crippen molar-refractivity contribution in [3.05, 3.63) is 59.7 Å². The average molecular weight is 327 g/mol. The van der Waals surface area contributed by atoms with Crippen LogP contribution in [0.15, 0.2) is 53.4 Å². The Balaban J connectivity index is 2.27. The predicted octanol–water partition coefficient (Wildman–Crippen LogP) is 5.95. The summed E-state index contributed by atoms with van der Waals surface area (Å²) in [6, 6.07) is 15.9. The summed E-state index contributed by atoms with van der Waals surface area (Å²) in [6.45, 7) is 8.63. The molecule has 2 nitrogen and oxygen atoms in total. The maximum atomic E-state index is 12.8. The summed E-state index contributed by atoms with van der Waals surface area (Å²) in [6.07, 6.45) is 1.05. The van der Waals surface area contributed by atoms with Crippen molar-refractivity contribution in [1.29, 1.82) is 0 Å². The summed E-state index contributed by atoms with van der Waals surface area (Å²) >= 11 is 1.72. The number of thioether (sulfide) groups is 1. The Morgan fingerprint density at radius 3 is 2.39 bits per heavy atom. The van der Waals surface area contributed by atoms with E-state index in [-0.39, 0.29) is 5.91 Å². The molecule has 2 aromatic rings. The van der Waals surface area contributed by atoms with Crippen LogP contribution in [0.5, 0.6) is 0 Å². The maximum Gasteiger partial charge on any atom is 0.256 e. The van der Waals surface area contributed by atoms with Crippen LogP contribution in [0.2, 0.25) is 0 Å². The summed E-state index contributed by atoms with van der Waals surface area (Å²) in [5, 5.41) is 3.54. The molecule has 23 heavy (non-hydrogen) atoms. The van der Waals surface area contributed by atoms with Gasteiger partial charge in [-0.15, -0.1) is 11.8 Å². The lowest BCUT2D eigenvalue weighted by molar-refractivity contribution is 0.102. The Kier molecular flexibility index (Phi) is 6.28. The standard InChI is InChI=1S/C20H25NOS/c1-5-15(4)16-10-6-8-12-18(16)21-20(22)17-11-7-9-13-19(17)23-14(2)3/h6-15H,5H2,1-4H3,(H,21,22). The second-order valence-electron chi connectivity index (χ2n) is 6.01. The highest BCUT2D eigenvalue weighted by atomic mass is 32.2. The van der Waals surface area contributed by atoms with E-state index in [1.165, 1.54) is 5.56 Å². The molecular formula is C20H25NOS. The third-order valence-corrected chi connectivity index (χ3v) is 4.93. The van der Waals surface area contributed by atoms with Crippen LogP contribution in [-0.2, 0) is 0 Å². The molecule has 3 heteroatoms. The van der Waals surface area contributed by atoms with E-state index in [1.54, 1.807) is 11.8 Å². The van der Waals surface area contributed by atoms with E-state index in [2.05, 4.69) is 39.1 Å². The van der Waals surface area contributed by atoms with Crippen molar-refractivity contribution < 1.29 is 4.79 Å². The average Bonchev–Trinajstić information content (AvgIpc) is 2.54. The van der Waals surface area contributed by atoms with Gasteiger partial charge in [0, 0.05) is 15.8 Å². The number of para-hydroxylation sites is 1. The number of carbonyl (C=O) groups excluding carboxylic acids is 1. The monoisotopic (exact) mass is 327 g/mol. The Morgan fingerprint density at radius 1 is 1.04 bits per heavy atom. The number of rotatable bonds is 6. The van der Waals surface area contributed by atoms with Gasteiger partial charge in [0.05, 0.1) is 5.56 Å². The van der Waals surface area contributed by atoms with Crippen LogP contribution in [0.3, 0.4) is 0 Å². The van der Waals surface area contributed by atoms with Crippen LogP contribution in [-0.4, -0.2) is 11.2 Å². The molecule has 0 heterocycles. The van der Waals surface area contributed by atoms with Gasteiger partial charge in [-0.3, -0.25) is 4.79 Å². The lowest BCUT2D eigenvalue weighted by atomic mass is 9.97. The molecule has 1 N–H and O–H groups in total. The molecule has 0 aliphatic carbocycles. The van der Waals surface area contributed by atoms with Crippen LogP contribution in [0, 0.1) is 0 Å². The fourth-order valence-electron chi connectivity index (χ4n) is 2.46. The second-order valence-corrected chi connectivity index (χ2v) is 7.63. The summed E-state index contributed by atoms with van der Waals surface area (Å²) in [7, 11) is 0. The summed E-state index contributed by atoms with van der Waals surface area (Å²) in [4.78, 5) is 13.8. The number of anilines is 1. The Hall–Kier alpha value is -1.74. The third kappa shape index (κ3) is 4.61. The van der Waals surface area contributed by atoms with Crippen LogP contribution < -0.4 is 5.32 Å². The van der Waals surface area contributed by atoms with Gasteiger partial charge in [-0.2, -0.15) is 0 Å². The molecule has 0 radical (unpaired) electrons. The van der Waals surface area contributed by atoms with Crippen molar-refractivity contribution in [1.82, 2.24) is 0 Å². The zero-order valence-corrected chi connectivity index (χ0v) is 15.1. The van der Waals surface area contributed by atoms with Crippen LogP contribution >= 0.6 is 11.8 Å². The largest absolute Gasteiger partial charge is 0.322 e. The minimum atomic E-state index is -0.0375. The molecule has 2 aromatic carbocycles. The molecule has 122 valence electrons. The minimum Gasteiger partial charge on any atom is -0.322 e. The van der Waals surface area contributed by atoms with E-state index in [1.807, 2.05) is 42.5 Å². The second kappa shape index (κ2) is 8.21. The van der Waals surface area contributed by atoms with Crippen molar-refractivity contribution in [2.75, 3.05) is 5.32 Å². The molecule has 0 spiro atoms. The molecule has 2 rings (SSSR count). The van der Waals surface area contributed by atoms with Gasteiger partial charge < -0.3 is 5.32 Å². The lowest BCUT2D eigenvalue weighted by Crippen LogP contribution is -2.15. The summed E-state index contributed by atoms with van der Waals surface area (Å²) in [5.74, 6) is 0.385. The highest BCUT2D eigenvalue weighted by molar-refractivity contribution is 8.00. The number of nitrogens with one attached hydrogen (secondary N) is 1. The molecular weight excluding hydrogens is 302 g/mol. The van der Waals surface area contributed by atoms with Crippen molar-refractivity contribution in [2.24, 2.45) is 0 Å². The Morgan fingerprint density at radius 2 is 1.70 bits per heavy atom. The van der Waals surface area contributed by atoms with Crippen LogP contribution in [0.1, 0.15) is 56.0 Å². The molecule has 0 aliphatic heterocycles. The van der Waals surface area contributed by atoms with Gasteiger partial charge in [-0.05, 0) is 36.1 Å². The lowest BCUT2D eigenvalue weighted by Gasteiger charge is -2.17. The molecule has 1 atom stereocenters. The first-order chi connectivity index (χ1) is 11.0. The number of benzene rings is 2. The van der Waals surface area contributed by atoms with Gasteiger partial charge in [0.2, 0.25) is 0 Å². The fourth-order valence-corrected chi connectivity index (χ4v) is 3.41. The van der Waals surface area contributed by atoms with Gasteiger partial charge in [0.1, 0.15) is 0 Å². The molecule has 0 aromatic heterocycles. The van der Waals surface area contributed by atoms with Gasteiger partial charge in [0.15, 0.2) is 0 Å². The molecule has 0 saturated carbocycles. The highest BCUT2D eigenvalue weighted by Crippen LogP contribution is 2.29. The summed E-state index contributed by atoms with van der Waals surface area (Å²) in [5.41, 5.74) is 2.85. The van der Waals surface area contributed by atoms with Gasteiger partial charge in [-0.1, -0.05) is 58.0 Å². The van der Waals surface area contributed by atoms with Crippen molar-refractivity contribution in [3.63, 3.8) is 0 Å². The minimum absolute atomic E-state index is 0.0375. The van der Waals surface area contributed by atoms with E-state index in [4.69, 9.17) is 0 Å². The van der Waals surface area contributed by atoms with Crippen molar-refractivity contribution in [2.45, 2.75) is 50.2 Å². The first kappa shape index (κ1) is 17.6. The fraction of sp³-hybridized carbons (Fsp3) is 0.350. The van der Waals surface area contributed by atoms with Crippen molar-refractivity contribution >= 4 is 23.4 Å². The first-order valence-corrected chi connectivity index (χ1v) is 9.06. The SMILES string of the molecule is CCC(C)c1ccccc1NC(=O)c1ccccc1SC(C)C. The Bertz CT molecular complexity index is 666. The zero-order chi connectivity index (χ0) is 16.8. The predicted molar refractivity (Wildman–Crippen MR) is 101 cm³/mol. The van der Waals surface area contributed by atoms with Gasteiger partial charge >= 0.3 is 0 Å². The molecule has 1 amide bonds. The van der Waals surface area contributed by atoms with E-state index < -0.39 is 0 Å². The smallest absolute Gasteiger partial charge is 0.256 e. The maximum absolute atomic E-state index is 12.8. The molecule has 1 unspecified atom stereocenters. The quantitative estimate of drug-likeness (QED) is 0.664. The zero-order valence-electron chi connectivity index (χ0n) is 14.3. The van der Waals surface area contributed by atoms with E-state index >= 15 is 0 Å². The van der Waals surface area contributed by atoms with Crippen molar-refractivity contribution in [3.8, 4) is 0 Å². The van der Waals surface area contributed by atoms with Crippen LogP contribution in [0.25, 0.3) is 0 Å². The van der Waals surface area contributed by atoms with E-state index in [0.717, 1.165) is 22.6 Å². The number of amides is 1. The number of carbonyl (C=O) groups is 1. The third-order valence-electron chi connectivity index (χ3n) is 3.85. The molecule has 0 aliphatic rings. The normalized spacial score (nSPS) is 12.2. The number of hydrogen-bond donors (Lipinski definition) is 1. The van der Waals surface area contributed by atoms with Crippen LogP contribution in [0.4, 0.5) is 5.69 Å². The summed E-state index contributed by atoms with van der Waals surface area (Å²) < 4.78 is 0.